The van der Waals surface area contributed by atoms with Gasteiger partial charge in [-0.05, 0) is 79.8 Å². The summed E-state index contributed by atoms with van der Waals surface area (Å²) in [6.45, 7) is 0.541. The van der Waals surface area contributed by atoms with E-state index in [9.17, 15) is 36.2 Å². The van der Waals surface area contributed by atoms with Gasteiger partial charge in [-0.1, -0.05) is 18.2 Å². The minimum absolute atomic E-state index is 0.00900. The Kier molecular flexibility index (Phi) is 6.83. The molecule has 4 nitrogen and oxygen atoms in total. The SMILES string of the molecule is O=C(O)C1CC2CCC(C1)N2Cc1ccc2c(C(F)(F)F)c(O[C@H]3CC[C@@H](C(F)(F)F)CC3)ccc2c1. The highest BCUT2D eigenvalue weighted by atomic mass is 19.4. The molecule has 2 aromatic rings. The van der Waals surface area contributed by atoms with Crippen LogP contribution in [0.5, 0.6) is 5.75 Å². The van der Waals surface area contributed by atoms with Gasteiger partial charge in [0.25, 0.3) is 0 Å². The van der Waals surface area contributed by atoms with Crippen LogP contribution in [-0.2, 0) is 17.5 Å². The molecule has 0 aromatic heterocycles. The summed E-state index contributed by atoms with van der Waals surface area (Å²) in [7, 11) is 0. The lowest BCUT2D eigenvalue weighted by atomic mass is 9.87. The maximum atomic E-state index is 14.2. The second-order valence-electron chi connectivity index (χ2n) is 10.7. The molecule has 37 heavy (non-hydrogen) atoms. The molecule has 10 heteroatoms. The standard InChI is InChI=1S/C27H29F6NO3/c28-26(29,30)18-3-7-21(8-4-18)37-23-10-2-16-11-15(1-9-22(16)24(23)27(31,32)33)14-34-19-5-6-20(34)13-17(12-19)25(35)36/h1-2,9-11,17-21H,3-8,12-14H2,(H,35,36)/t17?,18-,19?,20?,21+. The van der Waals surface area contributed by atoms with Crippen LogP contribution in [-0.4, -0.2) is 40.3 Å². The van der Waals surface area contributed by atoms with Crippen LogP contribution in [0.4, 0.5) is 26.3 Å². The first-order valence-corrected chi connectivity index (χ1v) is 12.7. The number of fused-ring (bicyclic) bond motifs is 3. The fourth-order valence-corrected chi connectivity index (χ4v) is 6.48. The van der Waals surface area contributed by atoms with Crippen molar-refractivity contribution in [2.75, 3.05) is 0 Å². The number of piperidine rings is 1. The molecule has 3 aliphatic rings. The molecule has 0 spiro atoms. The third-order valence-electron chi connectivity index (χ3n) is 8.36. The van der Waals surface area contributed by atoms with Gasteiger partial charge in [-0.15, -0.1) is 0 Å². The Morgan fingerprint density at radius 3 is 2.14 bits per heavy atom. The lowest BCUT2D eigenvalue weighted by molar-refractivity contribution is -0.185. The number of hydrogen-bond acceptors (Lipinski definition) is 3. The van der Waals surface area contributed by atoms with Crippen molar-refractivity contribution in [2.24, 2.45) is 11.8 Å². The maximum absolute atomic E-state index is 14.2. The van der Waals surface area contributed by atoms with Gasteiger partial charge >= 0.3 is 18.3 Å². The van der Waals surface area contributed by atoms with Crippen LogP contribution in [0.25, 0.3) is 10.8 Å². The van der Waals surface area contributed by atoms with E-state index < -0.39 is 35.9 Å². The minimum Gasteiger partial charge on any atom is -0.490 e. The van der Waals surface area contributed by atoms with Gasteiger partial charge in [-0.3, -0.25) is 9.69 Å². The Bertz CT molecular complexity index is 1140. The van der Waals surface area contributed by atoms with E-state index in [4.69, 9.17) is 4.74 Å². The van der Waals surface area contributed by atoms with Crippen LogP contribution < -0.4 is 4.74 Å². The molecule has 1 aliphatic carbocycles. The quantitative estimate of drug-likeness (QED) is 0.417. The van der Waals surface area contributed by atoms with Gasteiger partial charge in [0.15, 0.2) is 0 Å². The number of halogens is 6. The molecular formula is C27H29F6NO3. The van der Waals surface area contributed by atoms with E-state index in [0.717, 1.165) is 18.4 Å². The van der Waals surface area contributed by atoms with Gasteiger partial charge in [0.1, 0.15) is 11.3 Å². The van der Waals surface area contributed by atoms with E-state index in [1.54, 1.807) is 18.2 Å². The molecule has 0 radical (unpaired) electrons. The summed E-state index contributed by atoms with van der Waals surface area (Å²) in [5, 5.41) is 9.79. The molecule has 2 aliphatic heterocycles. The molecule has 2 bridgehead atoms. The van der Waals surface area contributed by atoms with Crippen LogP contribution in [0.3, 0.4) is 0 Å². The average molecular weight is 530 g/mol. The lowest BCUT2D eigenvalue weighted by Crippen LogP contribution is -2.44. The highest BCUT2D eigenvalue weighted by Crippen LogP contribution is 2.45. The molecule has 2 heterocycles. The highest BCUT2D eigenvalue weighted by molar-refractivity contribution is 5.89. The average Bonchev–Trinajstić information content (AvgIpc) is 3.04. The van der Waals surface area contributed by atoms with Crippen molar-refractivity contribution in [3.8, 4) is 5.75 Å². The van der Waals surface area contributed by atoms with Crippen molar-refractivity contribution in [3.63, 3.8) is 0 Å². The van der Waals surface area contributed by atoms with Crippen molar-refractivity contribution < 1.29 is 41.0 Å². The molecule has 2 atom stereocenters. The molecule has 2 saturated heterocycles. The third kappa shape index (κ3) is 5.40. The van der Waals surface area contributed by atoms with Gasteiger partial charge in [-0.2, -0.15) is 26.3 Å². The smallest absolute Gasteiger partial charge is 0.420 e. The summed E-state index contributed by atoms with van der Waals surface area (Å²) in [6.07, 6.45) is -6.87. The first-order valence-electron chi connectivity index (χ1n) is 12.7. The zero-order valence-corrected chi connectivity index (χ0v) is 20.1. The number of carboxylic acid groups (broad SMARTS) is 1. The molecule has 5 rings (SSSR count). The van der Waals surface area contributed by atoms with E-state index in [-0.39, 0.29) is 54.8 Å². The molecular weight excluding hydrogens is 500 g/mol. The van der Waals surface area contributed by atoms with Crippen LogP contribution in [0, 0.1) is 11.8 Å². The fourth-order valence-electron chi connectivity index (χ4n) is 6.48. The third-order valence-corrected chi connectivity index (χ3v) is 8.36. The van der Waals surface area contributed by atoms with Gasteiger partial charge < -0.3 is 9.84 Å². The monoisotopic (exact) mass is 529 g/mol. The Labute approximate surface area is 210 Å². The number of ether oxygens (including phenoxy) is 1. The number of carbonyl (C=O) groups is 1. The van der Waals surface area contributed by atoms with E-state index in [1.807, 2.05) is 0 Å². The predicted octanol–water partition coefficient (Wildman–Crippen LogP) is 7.19. The van der Waals surface area contributed by atoms with Crippen LogP contribution >= 0.6 is 0 Å². The molecule has 3 fully saturated rings. The van der Waals surface area contributed by atoms with E-state index in [1.165, 1.54) is 12.1 Å². The minimum atomic E-state index is -4.70. The second kappa shape index (κ2) is 9.67. The molecule has 2 aromatic carbocycles. The Balaban J connectivity index is 1.35. The van der Waals surface area contributed by atoms with Gasteiger partial charge in [0, 0.05) is 18.6 Å². The molecule has 202 valence electrons. The van der Waals surface area contributed by atoms with Crippen molar-refractivity contribution in [1.29, 1.82) is 0 Å². The van der Waals surface area contributed by atoms with Crippen LogP contribution in [0.1, 0.15) is 62.5 Å². The first-order chi connectivity index (χ1) is 17.4. The molecule has 2 unspecified atom stereocenters. The summed E-state index contributed by atoms with van der Waals surface area (Å²) in [5.41, 5.74) is -0.0534. The van der Waals surface area contributed by atoms with Crippen molar-refractivity contribution in [2.45, 2.75) is 88.5 Å². The van der Waals surface area contributed by atoms with Crippen LogP contribution in [0.15, 0.2) is 30.3 Å². The summed E-state index contributed by atoms with van der Waals surface area (Å²) in [6, 6.07) is 7.98. The number of aliphatic carboxylic acids is 1. The number of nitrogens with zero attached hydrogens (tertiary/aromatic N) is 1. The fraction of sp³-hybridized carbons (Fsp3) is 0.593. The topological polar surface area (TPSA) is 49.8 Å². The Morgan fingerprint density at radius 1 is 0.919 bits per heavy atom. The Hall–Kier alpha value is -2.49. The van der Waals surface area contributed by atoms with Crippen molar-refractivity contribution in [3.05, 3.63) is 41.5 Å². The molecule has 1 saturated carbocycles. The number of carboxylic acids is 1. The first kappa shape index (κ1) is 26.1. The Morgan fingerprint density at radius 2 is 1.57 bits per heavy atom. The number of hydrogen-bond donors (Lipinski definition) is 1. The summed E-state index contributed by atoms with van der Waals surface area (Å²) >= 11 is 0. The van der Waals surface area contributed by atoms with E-state index in [0.29, 0.717) is 24.8 Å². The summed E-state index contributed by atoms with van der Waals surface area (Å²) in [5.74, 6) is -2.90. The molecule has 1 N–H and O–H groups in total. The van der Waals surface area contributed by atoms with E-state index in [2.05, 4.69) is 4.90 Å². The molecule has 0 amide bonds. The van der Waals surface area contributed by atoms with Crippen molar-refractivity contribution in [1.82, 2.24) is 4.90 Å². The predicted molar refractivity (Wildman–Crippen MR) is 124 cm³/mol. The summed E-state index contributed by atoms with van der Waals surface area (Å²) in [4.78, 5) is 13.7. The normalized spacial score (nSPS) is 29.0. The van der Waals surface area contributed by atoms with Crippen molar-refractivity contribution >= 4 is 16.7 Å². The number of rotatable bonds is 5. The summed E-state index contributed by atoms with van der Waals surface area (Å²) < 4.78 is 87.0. The van der Waals surface area contributed by atoms with Crippen LogP contribution in [0.2, 0.25) is 0 Å². The van der Waals surface area contributed by atoms with Gasteiger partial charge in [0.2, 0.25) is 0 Å². The lowest BCUT2D eigenvalue weighted by Gasteiger charge is -2.37. The second-order valence-corrected chi connectivity index (χ2v) is 10.7. The van der Waals surface area contributed by atoms with Gasteiger partial charge in [0.05, 0.1) is 17.9 Å². The largest absolute Gasteiger partial charge is 0.490 e. The zero-order chi connectivity index (χ0) is 26.5. The number of benzene rings is 2. The highest BCUT2D eigenvalue weighted by Gasteiger charge is 2.44. The zero-order valence-electron chi connectivity index (χ0n) is 20.1. The maximum Gasteiger partial charge on any atom is 0.420 e. The van der Waals surface area contributed by atoms with E-state index >= 15 is 0 Å². The number of alkyl halides is 6. The van der Waals surface area contributed by atoms with Gasteiger partial charge in [-0.25, -0.2) is 0 Å².